The Kier molecular flexibility index (Phi) is 4.67. The third kappa shape index (κ3) is 3.34. The van der Waals surface area contributed by atoms with Crippen LogP contribution < -0.4 is 5.32 Å². The lowest BCUT2D eigenvalue weighted by Gasteiger charge is -2.24. The summed E-state index contributed by atoms with van der Waals surface area (Å²) in [6, 6.07) is 11.8. The Labute approximate surface area is 168 Å². The molecule has 2 bridgehead atoms. The molecule has 6 heteroatoms. The minimum absolute atomic E-state index is 0.0201. The number of fused-ring (bicyclic) bond motifs is 2. The molecule has 0 unspecified atom stereocenters. The topological polar surface area (TPSA) is 62.6 Å². The van der Waals surface area contributed by atoms with E-state index in [1.165, 1.54) is 19.3 Å². The van der Waals surface area contributed by atoms with Gasteiger partial charge < -0.3 is 14.6 Å². The summed E-state index contributed by atoms with van der Waals surface area (Å²) in [6.07, 6.45) is 6.63. The molecule has 1 aromatic carbocycles. The number of thioether (sulfide) groups is 1. The van der Waals surface area contributed by atoms with Crippen LogP contribution in [-0.4, -0.2) is 28.5 Å². The highest BCUT2D eigenvalue weighted by atomic mass is 32.2. The SMILES string of the molecule is O=C(N[C@@H]1C[C@@H]2CC[C@@H]1C2)c1ccc([C@@H]2SCC(=O)N2Cc2ccco2)cc1. The monoisotopic (exact) mass is 396 g/mol. The van der Waals surface area contributed by atoms with Crippen molar-refractivity contribution in [3.63, 3.8) is 0 Å². The van der Waals surface area contributed by atoms with Gasteiger partial charge in [-0.2, -0.15) is 0 Å². The molecule has 1 N–H and O–H groups in total. The van der Waals surface area contributed by atoms with E-state index in [0.717, 1.165) is 23.7 Å². The molecule has 2 heterocycles. The first-order chi connectivity index (χ1) is 13.7. The normalized spacial score (nSPS) is 28.9. The number of carbonyl (C=O) groups is 2. The van der Waals surface area contributed by atoms with E-state index >= 15 is 0 Å². The number of hydrogen-bond acceptors (Lipinski definition) is 4. The van der Waals surface area contributed by atoms with Crippen LogP contribution in [0.15, 0.2) is 47.1 Å². The molecule has 1 aromatic heterocycles. The number of nitrogens with zero attached hydrogens (tertiary/aromatic N) is 1. The third-order valence-corrected chi connectivity index (χ3v) is 7.64. The Morgan fingerprint density at radius 1 is 1.18 bits per heavy atom. The highest BCUT2D eigenvalue weighted by Crippen LogP contribution is 2.44. The van der Waals surface area contributed by atoms with Crippen molar-refractivity contribution in [3.05, 3.63) is 59.5 Å². The van der Waals surface area contributed by atoms with Crippen molar-refractivity contribution in [2.45, 2.75) is 43.6 Å². The number of benzene rings is 1. The van der Waals surface area contributed by atoms with Gasteiger partial charge in [-0.05, 0) is 60.9 Å². The van der Waals surface area contributed by atoms with Gasteiger partial charge in [0.05, 0.1) is 18.6 Å². The minimum atomic E-state index is -0.0414. The fourth-order valence-corrected chi connectivity index (χ4v) is 6.13. The summed E-state index contributed by atoms with van der Waals surface area (Å²) in [7, 11) is 0. The summed E-state index contributed by atoms with van der Waals surface area (Å²) in [6.45, 7) is 0.468. The molecule has 5 nitrogen and oxygen atoms in total. The lowest BCUT2D eigenvalue weighted by molar-refractivity contribution is -0.128. The van der Waals surface area contributed by atoms with Crippen LogP contribution in [0.1, 0.15) is 52.7 Å². The summed E-state index contributed by atoms with van der Waals surface area (Å²) < 4.78 is 5.41. The first-order valence-corrected chi connectivity index (χ1v) is 11.1. The van der Waals surface area contributed by atoms with Crippen LogP contribution in [0.2, 0.25) is 0 Å². The van der Waals surface area contributed by atoms with E-state index in [1.54, 1.807) is 18.0 Å². The zero-order valence-electron chi connectivity index (χ0n) is 15.7. The molecular formula is C22H24N2O3S. The molecule has 3 fully saturated rings. The molecule has 2 aliphatic carbocycles. The van der Waals surface area contributed by atoms with Crippen molar-refractivity contribution in [2.75, 3.05) is 5.75 Å². The maximum absolute atomic E-state index is 12.6. The molecule has 1 aliphatic heterocycles. The summed E-state index contributed by atoms with van der Waals surface area (Å²) in [5.41, 5.74) is 1.73. The molecule has 1 saturated heterocycles. The van der Waals surface area contributed by atoms with Gasteiger partial charge in [0.1, 0.15) is 11.1 Å². The van der Waals surface area contributed by atoms with E-state index < -0.39 is 0 Å². The van der Waals surface area contributed by atoms with Crippen molar-refractivity contribution in [1.29, 1.82) is 0 Å². The quantitative estimate of drug-likeness (QED) is 0.831. The molecule has 0 radical (unpaired) electrons. The Bertz CT molecular complexity index is 864. The highest BCUT2D eigenvalue weighted by Gasteiger charge is 2.40. The fraction of sp³-hybridized carbons (Fsp3) is 0.455. The number of carbonyl (C=O) groups excluding carboxylic acids is 2. The number of nitrogens with one attached hydrogen (secondary N) is 1. The second-order valence-electron chi connectivity index (χ2n) is 8.14. The third-order valence-electron chi connectivity index (χ3n) is 6.39. The van der Waals surface area contributed by atoms with Crippen LogP contribution in [0.4, 0.5) is 0 Å². The van der Waals surface area contributed by atoms with Crippen LogP contribution in [0.5, 0.6) is 0 Å². The molecule has 2 amide bonds. The largest absolute Gasteiger partial charge is 0.467 e. The predicted molar refractivity (Wildman–Crippen MR) is 108 cm³/mol. The van der Waals surface area contributed by atoms with Gasteiger partial charge >= 0.3 is 0 Å². The predicted octanol–water partition coefficient (Wildman–Crippen LogP) is 3.97. The zero-order valence-corrected chi connectivity index (χ0v) is 16.5. The van der Waals surface area contributed by atoms with Crippen LogP contribution in [0.3, 0.4) is 0 Å². The van der Waals surface area contributed by atoms with Gasteiger partial charge in [0.15, 0.2) is 0 Å². The van der Waals surface area contributed by atoms with Gasteiger partial charge in [-0.3, -0.25) is 9.59 Å². The Balaban J connectivity index is 1.26. The maximum Gasteiger partial charge on any atom is 0.251 e. The van der Waals surface area contributed by atoms with Crippen LogP contribution in [-0.2, 0) is 11.3 Å². The van der Waals surface area contributed by atoms with Gasteiger partial charge in [-0.1, -0.05) is 18.6 Å². The number of furan rings is 1. The smallest absolute Gasteiger partial charge is 0.251 e. The maximum atomic E-state index is 12.6. The summed E-state index contributed by atoms with van der Waals surface area (Å²) in [4.78, 5) is 26.8. The van der Waals surface area contributed by atoms with E-state index in [-0.39, 0.29) is 17.2 Å². The number of hydrogen-bond donors (Lipinski definition) is 1. The van der Waals surface area contributed by atoms with Crippen LogP contribution in [0.25, 0.3) is 0 Å². The molecule has 3 aliphatic rings. The van der Waals surface area contributed by atoms with Crippen molar-refractivity contribution < 1.29 is 14.0 Å². The molecule has 28 heavy (non-hydrogen) atoms. The average Bonchev–Trinajstić information content (AvgIpc) is 3.49. The Morgan fingerprint density at radius 2 is 2.04 bits per heavy atom. The van der Waals surface area contributed by atoms with Gasteiger partial charge in [0, 0.05) is 11.6 Å². The standard InChI is InChI=1S/C22H24N2O3S/c25-20-13-28-22(24(20)12-18-2-1-9-27-18)16-7-5-15(6-8-16)21(26)23-19-11-14-3-4-17(19)10-14/h1-2,5-9,14,17,19,22H,3-4,10-13H2,(H,23,26)/t14-,17-,19-,22+/m1/s1. The molecule has 2 saturated carbocycles. The number of rotatable bonds is 5. The van der Waals surface area contributed by atoms with Crippen molar-refractivity contribution in [3.8, 4) is 0 Å². The van der Waals surface area contributed by atoms with E-state index in [2.05, 4.69) is 5.32 Å². The molecule has 5 rings (SSSR count). The number of amides is 2. The van der Waals surface area contributed by atoms with Gasteiger partial charge in [0.25, 0.3) is 5.91 Å². The lowest BCUT2D eigenvalue weighted by Crippen LogP contribution is -2.38. The van der Waals surface area contributed by atoms with Crippen LogP contribution in [0, 0.1) is 11.8 Å². The molecule has 2 aromatic rings. The minimum Gasteiger partial charge on any atom is -0.467 e. The van der Waals surface area contributed by atoms with Crippen LogP contribution >= 0.6 is 11.8 Å². The lowest BCUT2D eigenvalue weighted by atomic mass is 9.95. The summed E-state index contributed by atoms with van der Waals surface area (Å²) in [5.74, 6) is 2.87. The van der Waals surface area contributed by atoms with E-state index in [0.29, 0.717) is 29.8 Å². The van der Waals surface area contributed by atoms with Gasteiger partial charge in [-0.25, -0.2) is 0 Å². The Hall–Kier alpha value is -2.21. The first-order valence-electron chi connectivity index (χ1n) is 10.0. The van der Waals surface area contributed by atoms with E-state index in [1.807, 2.05) is 41.3 Å². The van der Waals surface area contributed by atoms with Gasteiger partial charge in [0.2, 0.25) is 5.91 Å². The Morgan fingerprint density at radius 3 is 2.71 bits per heavy atom. The molecular weight excluding hydrogens is 372 g/mol. The molecule has 146 valence electrons. The molecule has 0 spiro atoms. The first kappa shape index (κ1) is 17.9. The zero-order chi connectivity index (χ0) is 19.1. The van der Waals surface area contributed by atoms with Crippen molar-refractivity contribution in [2.24, 2.45) is 11.8 Å². The van der Waals surface area contributed by atoms with E-state index in [4.69, 9.17) is 4.42 Å². The fourth-order valence-electron chi connectivity index (χ4n) is 4.94. The summed E-state index contributed by atoms with van der Waals surface area (Å²) in [5, 5.41) is 3.20. The van der Waals surface area contributed by atoms with E-state index in [9.17, 15) is 9.59 Å². The average molecular weight is 397 g/mol. The van der Waals surface area contributed by atoms with Crippen molar-refractivity contribution >= 4 is 23.6 Å². The van der Waals surface area contributed by atoms with Crippen molar-refractivity contribution in [1.82, 2.24) is 10.2 Å². The summed E-state index contributed by atoms with van der Waals surface area (Å²) >= 11 is 1.62. The second kappa shape index (κ2) is 7.32. The van der Waals surface area contributed by atoms with Gasteiger partial charge in [-0.15, -0.1) is 11.8 Å². The highest BCUT2D eigenvalue weighted by molar-refractivity contribution is 8.00. The molecule has 4 atom stereocenters. The second-order valence-corrected chi connectivity index (χ2v) is 9.21.